The predicted molar refractivity (Wildman–Crippen MR) is 195 cm³/mol. The van der Waals surface area contributed by atoms with Gasteiger partial charge in [0.25, 0.3) is 0 Å². The van der Waals surface area contributed by atoms with Crippen molar-refractivity contribution in [3.8, 4) is 17.1 Å². The highest BCUT2D eigenvalue weighted by atomic mass is 32.2. The van der Waals surface area contributed by atoms with Crippen molar-refractivity contribution >= 4 is 72.2 Å². The van der Waals surface area contributed by atoms with Crippen LogP contribution in [0.25, 0.3) is 31.8 Å². The third-order valence-corrected chi connectivity index (χ3v) is 13.1. The second-order valence-corrected chi connectivity index (χ2v) is 16.1. The molecule has 3 atom stereocenters. The zero-order valence-electron chi connectivity index (χ0n) is 26.0. The van der Waals surface area contributed by atoms with E-state index in [0.29, 0.717) is 11.2 Å². The summed E-state index contributed by atoms with van der Waals surface area (Å²) in [7, 11) is 0. The van der Waals surface area contributed by atoms with Gasteiger partial charge >= 0.3 is 0 Å². The van der Waals surface area contributed by atoms with Gasteiger partial charge in [0.2, 0.25) is 0 Å². The fourth-order valence-electron chi connectivity index (χ4n) is 7.70. The lowest BCUT2D eigenvalue weighted by atomic mass is 9.98. The van der Waals surface area contributed by atoms with E-state index in [4.69, 9.17) is 19.7 Å². The molecule has 0 amide bonds. The van der Waals surface area contributed by atoms with E-state index in [1.165, 1.54) is 56.3 Å². The van der Waals surface area contributed by atoms with Crippen molar-refractivity contribution in [3.63, 3.8) is 0 Å². The van der Waals surface area contributed by atoms with Gasteiger partial charge in [-0.15, -0.1) is 34.4 Å². The number of para-hydroxylation sites is 2. The summed E-state index contributed by atoms with van der Waals surface area (Å²) in [6.45, 7) is 0. The SMILES string of the molecule is c1ccc(N(Nc2nc(-c3ccccc3SC3CCCCC3)nc3sccc23)c2ncnc3sccc23)c(OC2CC3CCC2C3)c1. The van der Waals surface area contributed by atoms with Gasteiger partial charge in [0, 0.05) is 15.7 Å². The Labute approximate surface area is 286 Å². The average molecular weight is 677 g/mol. The van der Waals surface area contributed by atoms with Crippen LogP contribution in [0.1, 0.15) is 57.8 Å². The monoisotopic (exact) mass is 676 g/mol. The quantitative estimate of drug-likeness (QED) is 0.152. The van der Waals surface area contributed by atoms with E-state index in [-0.39, 0.29) is 6.10 Å². The Kier molecular flexibility index (Phi) is 7.95. The average Bonchev–Trinajstić information content (AvgIpc) is 3.94. The van der Waals surface area contributed by atoms with Gasteiger partial charge < -0.3 is 4.74 Å². The summed E-state index contributed by atoms with van der Waals surface area (Å²) in [5, 5.41) is 8.80. The number of nitrogens with one attached hydrogen (secondary N) is 1. The Morgan fingerprint density at radius 3 is 2.49 bits per heavy atom. The molecule has 238 valence electrons. The zero-order chi connectivity index (χ0) is 31.2. The van der Waals surface area contributed by atoms with Crippen molar-refractivity contribution in [1.82, 2.24) is 19.9 Å². The van der Waals surface area contributed by atoms with Crippen molar-refractivity contribution < 1.29 is 4.74 Å². The molecule has 7 nitrogen and oxygen atoms in total. The van der Waals surface area contributed by atoms with Crippen LogP contribution in [0.3, 0.4) is 0 Å². The van der Waals surface area contributed by atoms with Crippen molar-refractivity contribution in [2.75, 3.05) is 10.4 Å². The van der Waals surface area contributed by atoms with E-state index in [1.807, 2.05) is 16.8 Å². The Bertz CT molecular complexity index is 2040. The fraction of sp³-hybridized carbons (Fsp3) is 0.351. The number of anilines is 3. The Hall–Kier alpha value is -3.73. The molecule has 6 aromatic rings. The number of aromatic nitrogens is 4. The molecule has 10 heteroatoms. The summed E-state index contributed by atoms with van der Waals surface area (Å²) in [5.74, 6) is 4.51. The molecule has 3 unspecified atom stereocenters. The van der Waals surface area contributed by atoms with Crippen LogP contribution < -0.4 is 15.2 Å². The molecule has 0 aliphatic heterocycles. The zero-order valence-corrected chi connectivity index (χ0v) is 28.5. The van der Waals surface area contributed by atoms with Gasteiger partial charge in [0.1, 0.15) is 33.5 Å². The van der Waals surface area contributed by atoms with Crippen LogP contribution in [0.5, 0.6) is 5.75 Å². The largest absolute Gasteiger partial charge is 0.488 e. The fourth-order valence-corrected chi connectivity index (χ4v) is 10.6. The van der Waals surface area contributed by atoms with Gasteiger partial charge in [-0.2, -0.15) is 0 Å². The lowest BCUT2D eigenvalue weighted by molar-refractivity contribution is 0.139. The van der Waals surface area contributed by atoms with E-state index < -0.39 is 0 Å². The number of fused-ring (bicyclic) bond motifs is 4. The number of rotatable bonds is 9. The van der Waals surface area contributed by atoms with Crippen LogP contribution in [0.2, 0.25) is 0 Å². The standard InChI is InChI=1S/C37H36N6OS3/c1-2-8-25(9-3-1)47-32-13-7-4-10-26(32)33-40-34(27-16-18-46-37(27)41-33)42-43(35-28-17-19-45-36(28)39-22-38-35)29-11-5-6-12-30(29)44-31-21-23-14-15-24(31)20-23/h4-7,10-13,16-19,22-25,31H,1-3,8-9,14-15,20-21H2,(H,40,41,42). The second-order valence-electron chi connectivity index (χ2n) is 13.0. The molecule has 0 spiro atoms. The van der Waals surface area contributed by atoms with Crippen LogP contribution in [-0.4, -0.2) is 31.3 Å². The third-order valence-electron chi connectivity index (χ3n) is 10.0. The Morgan fingerprint density at radius 1 is 0.787 bits per heavy atom. The maximum atomic E-state index is 6.87. The van der Waals surface area contributed by atoms with Crippen molar-refractivity contribution in [2.45, 2.75) is 74.0 Å². The molecule has 3 fully saturated rings. The van der Waals surface area contributed by atoms with E-state index in [9.17, 15) is 0 Å². The first-order valence-electron chi connectivity index (χ1n) is 16.8. The van der Waals surface area contributed by atoms with Gasteiger partial charge in [0.05, 0.1) is 10.8 Å². The predicted octanol–water partition coefficient (Wildman–Crippen LogP) is 10.5. The summed E-state index contributed by atoms with van der Waals surface area (Å²) in [4.78, 5) is 22.9. The van der Waals surface area contributed by atoms with Crippen molar-refractivity contribution in [2.24, 2.45) is 11.8 Å². The molecule has 4 aromatic heterocycles. The minimum absolute atomic E-state index is 0.246. The van der Waals surface area contributed by atoms with Crippen LogP contribution in [-0.2, 0) is 0 Å². The van der Waals surface area contributed by atoms with Gasteiger partial charge in [-0.3, -0.25) is 5.43 Å². The molecule has 3 aliphatic rings. The number of thioether (sulfide) groups is 1. The van der Waals surface area contributed by atoms with Crippen molar-refractivity contribution in [3.05, 3.63) is 77.8 Å². The Morgan fingerprint density at radius 2 is 1.62 bits per heavy atom. The first-order valence-corrected chi connectivity index (χ1v) is 19.4. The van der Waals surface area contributed by atoms with Gasteiger partial charge in [-0.1, -0.05) is 49.6 Å². The lowest BCUT2D eigenvalue weighted by Crippen LogP contribution is -2.29. The topological polar surface area (TPSA) is 76.1 Å². The second kappa shape index (κ2) is 12.7. The maximum absolute atomic E-state index is 6.87. The number of hydrazine groups is 1. The number of nitrogens with zero attached hydrogens (tertiary/aromatic N) is 5. The van der Waals surface area contributed by atoms with E-state index >= 15 is 0 Å². The van der Waals surface area contributed by atoms with Crippen LogP contribution in [0.15, 0.2) is 82.6 Å². The molecule has 3 saturated carbocycles. The molecule has 0 radical (unpaired) electrons. The first kappa shape index (κ1) is 29.4. The van der Waals surface area contributed by atoms with E-state index in [0.717, 1.165) is 67.2 Å². The van der Waals surface area contributed by atoms with Crippen LogP contribution in [0, 0.1) is 11.8 Å². The molecule has 9 rings (SSSR count). The van der Waals surface area contributed by atoms with Gasteiger partial charge in [-0.25, -0.2) is 24.9 Å². The summed E-state index contributed by atoms with van der Waals surface area (Å²) in [6, 6.07) is 21.1. The molecule has 4 heterocycles. The third kappa shape index (κ3) is 5.74. The lowest BCUT2D eigenvalue weighted by Gasteiger charge is -2.30. The van der Waals surface area contributed by atoms with Crippen molar-refractivity contribution in [1.29, 1.82) is 0 Å². The smallest absolute Gasteiger partial charge is 0.164 e. The summed E-state index contributed by atoms with van der Waals surface area (Å²) in [5.41, 5.74) is 5.73. The molecule has 47 heavy (non-hydrogen) atoms. The number of ether oxygens (including phenoxy) is 1. The van der Waals surface area contributed by atoms with E-state index in [2.05, 4.69) is 81.8 Å². The number of thiophene rings is 2. The molecule has 3 aliphatic carbocycles. The number of benzene rings is 2. The molecule has 1 N–H and O–H groups in total. The summed E-state index contributed by atoms with van der Waals surface area (Å²) < 4.78 is 6.87. The highest BCUT2D eigenvalue weighted by Crippen LogP contribution is 2.48. The number of hydrogen-bond acceptors (Lipinski definition) is 10. The van der Waals surface area contributed by atoms with E-state index in [1.54, 1.807) is 29.0 Å². The van der Waals surface area contributed by atoms with Gasteiger partial charge in [-0.05, 0) is 91.5 Å². The molecule has 0 saturated heterocycles. The molecule has 2 bridgehead atoms. The van der Waals surface area contributed by atoms with Crippen LogP contribution >= 0.6 is 34.4 Å². The summed E-state index contributed by atoms with van der Waals surface area (Å²) >= 11 is 5.25. The summed E-state index contributed by atoms with van der Waals surface area (Å²) in [6.07, 6.45) is 13.4. The highest BCUT2D eigenvalue weighted by molar-refractivity contribution is 8.00. The minimum Gasteiger partial charge on any atom is -0.488 e. The van der Waals surface area contributed by atoms with Crippen LogP contribution in [0.4, 0.5) is 17.3 Å². The number of hydrogen-bond donors (Lipinski definition) is 1. The highest BCUT2D eigenvalue weighted by Gasteiger charge is 2.41. The first-order chi connectivity index (χ1) is 23.3. The minimum atomic E-state index is 0.246. The molecular weight excluding hydrogens is 641 g/mol. The normalized spacial score (nSPS) is 21.1. The maximum Gasteiger partial charge on any atom is 0.164 e. The van der Waals surface area contributed by atoms with Gasteiger partial charge in [0.15, 0.2) is 17.5 Å². The molecule has 2 aromatic carbocycles. The Balaban J connectivity index is 1.14. The molecular formula is C37H36N6OS3.